The summed E-state index contributed by atoms with van der Waals surface area (Å²) in [5, 5.41) is 26.8. The van der Waals surface area contributed by atoms with Crippen LogP contribution in [0.15, 0.2) is 34.2 Å². The molecule has 1 aliphatic rings. The maximum Gasteiger partial charge on any atom is 0.326 e. The molecule has 4 aromatic rings. The minimum Gasteiger partial charge on any atom is -0.493 e. The normalized spacial score (nSPS) is 14.8. The Morgan fingerprint density at radius 1 is 1.41 bits per heavy atom. The summed E-state index contributed by atoms with van der Waals surface area (Å²) in [6, 6.07) is 6.23. The number of nitrogens with one attached hydrogen (secondary N) is 3. The molecule has 160 valence electrons. The van der Waals surface area contributed by atoms with Crippen molar-refractivity contribution in [2.75, 3.05) is 5.32 Å². The fraction of sp³-hybridized carbons (Fsp3) is 0.190. The van der Waals surface area contributed by atoms with Crippen molar-refractivity contribution in [1.29, 1.82) is 5.26 Å². The molecule has 0 radical (unpaired) electrons. The summed E-state index contributed by atoms with van der Waals surface area (Å²) >= 11 is 0. The van der Waals surface area contributed by atoms with Gasteiger partial charge >= 0.3 is 5.69 Å². The van der Waals surface area contributed by atoms with Gasteiger partial charge < -0.3 is 15.4 Å². The molecule has 3 aromatic heterocycles. The molecule has 1 fully saturated rings. The fourth-order valence-corrected chi connectivity index (χ4v) is 3.29. The Morgan fingerprint density at radius 2 is 2.22 bits per heavy atom. The molecular weight excluding hydrogens is 415 g/mol. The molecule has 0 aliphatic heterocycles. The first-order valence-corrected chi connectivity index (χ1v) is 9.85. The second-order valence-electron chi connectivity index (χ2n) is 7.52. The predicted molar refractivity (Wildman–Crippen MR) is 113 cm³/mol. The number of nitrogens with zero attached hydrogens (tertiary/aromatic N) is 5. The zero-order chi connectivity index (χ0) is 22.4. The third-order valence-electron chi connectivity index (χ3n) is 5.12. The molecule has 11 heteroatoms. The molecule has 5 rings (SSSR count). The van der Waals surface area contributed by atoms with Gasteiger partial charge in [0.25, 0.3) is 0 Å². The lowest BCUT2D eigenvalue weighted by Crippen LogP contribution is -2.24. The van der Waals surface area contributed by atoms with Crippen LogP contribution in [0.25, 0.3) is 11.7 Å². The number of aromatic amines is 2. The van der Waals surface area contributed by atoms with Crippen molar-refractivity contribution in [1.82, 2.24) is 24.6 Å². The highest BCUT2D eigenvalue weighted by molar-refractivity contribution is 5.64. The molecule has 1 saturated carbocycles. The molecule has 1 aromatic carbocycles. The number of aromatic hydroxyl groups is 1. The van der Waals surface area contributed by atoms with Crippen LogP contribution in [0.4, 0.5) is 15.9 Å². The first kappa shape index (κ1) is 19.5. The third kappa shape index (κ3) is 3.47. The smallest absolute Gasteiger partial charge is 0.326 e. The zero-order valence-electron chi connectivity index (χ0n) is 16.8. The highest BCUT2D eigenvalue weighted by atomic mass is 19.1. The summed E-state index contributed by atoms with van der Waals surface area (Å²) in [7, 11) is 0. The number of rotatable bonds is 4. The monoisotopic (exact) mass is 432 g/mol. The Kier molecular flexibility index (Phi) is 4.48. The number of benzene rings is 1. The van der Waals surface area contributed by atoms with Gasteiger partial charge in [-0.3, -0.25) is 9.98 Å². The number of halogens is 1. The number of nitriles is 1. The topological polar surface area (TPSA) is 147 Å². The molecule has 4 N–H and O–H groups in total. The van der Waals surface area contributed by atoms with Gasteiger partial charge in [0.2, 0.25) is 5.88 Å². The number of hydrogen-bond acceptors (Lipinski definition) is 7. The van der Waals surface area contributed by atoms with Gasteiger partial charge in [-0.05, 0) is 44.0 Å². The van der Waals surface area contributed by atoms with Crippen LogP contribution in [0, 0.1) is 24.1 Å². The summed E-state index contributed by atoms with van der Waals surface area (Å²) in [5.74, 6) is -0.509. The molecule has 0 bridgehead atoms. The lowest BCUT2D eigenvalue weighted by molar-refractivity contribution is 0.454. The van der Waals surface area contributed by atoms with E-state index in [4.69, 9.17) is 10.3 Å². The maximum absolute atomic E-state index is 14.5. The molecule has 0 saturated heterocycles. The average Bonchev–Trinajstić information content (AvgIpc) is 3.42. The van der Waals surface area contributed by atoms with E-state index in [9.17, 15) is 14.3 Å². The third-order valence-corrected chi connectivity index (χ3v) is 5.12. The van der Waals surface area contributed by atoms with Crippen LogP contribution in [0.2, 0.25) is 0 Å². The van der Waals surface area contributed by atoms with Crippen LogP contribution >= 0.6 is 0 Å². The van der Waals surface area contributed by atoms with Gasteiger partial charge in [-0.2, -0.15) is 14.9 Å². The zero-order valence-corrected chi connectivity index (χ0v) is 16.8. The van der Waals surface area contributed by atoms with Crippen LogP contribution in [0.1, 0.15) is 29.7 Å². The summed E-state index contributed by atoms with van der Waals surface area (Å²) in [4.78, 5) is 25.6. The van der Waals surface area contributed by atoms with Gasteiger partial charge in [-0.1, -0.05) is 0 Å². The Morgan fingerprint density at radius 3 is 2.88 bits per heavy atom. The average molecular weight is 432 g/mol. The molecule has 1 aliphatic carbocycles. The van der Waals surface area contributed by atoms with Crippen molar-refractivity contribution in [3.8, 4) is 11.9 Å². The Balaban J connectivity index is 1.71. The fourth-order valence-electron chi connectivity index (χ4n) is 3.29. The minimum atomic E-state index is -0.582. The number of aromatic nitrogens is 5. The van der Waals surface area contributed by atoms with Gasteiger partial charge in [-0.15, -0.1) is 0 Å². The van der Waals surface area contributed by atoms with E-state index in [-0.39, 0.29) is 28.9 Å². The first-order chi connectivity index (χ1) is 15.4. The van der Waals surface area contributed by atoms with Crippen LogP contribution in [0.3, 0.4) is 0 Å². The first-order valence-electron chi connectivity index (χ1n) is 9.85. The molecule has 0 amide bonds. The molecular formula is C21H17FN8O2. The minimum absolute atomic E-state index is 0.166. The lowest BCUT2D eigenvalue weighted by Gasteiger charge is -2.11. The van der Waals surface area contributed by atoms with E-state index in [1.165, 1.54) is 18.2 Å². The van der Waals surface area contributed by atoms with Crippen molar-refractivity contribution in [2.45, 2.75) is 25.8 Å². The van der Waals surface area contributed by atoms with Crippen LogP contribution in [0.5, 0.6) is 5.88 Å². The Hall–Kier alpha value is -4.46. The van der Waals surface area contributed by atoms with Gasteiger partial charge in [0.1, 0.15) is 17.3 Å². The van der Waals surface area contributed by atoms with Crippen molar-refractivity contribution in [3.63, 3.8) is 0 Å². The summed E-state index contributed by atoms with van der Waals surface area (Å²) in [6.07, 6.45) is 5.04. The standard InChI is InChI=1S/C21H17FN8O2/c1-10-17(26-15-5-2-11(8-23)6-14(15)22)28-19-12(7-16-20(31)29-21(32)27-16)9-24-30(19)18(10)25-13-3-4-13/h2,5-7,9,13,26,31H,3-4H2,1H3,(H2,27,29,32)/b12-7-,25-18?. The number of hydrogen-bond donors (Lipinski definition) is 4. The van der Waals surface area contributed by atoms with E-state index < -0.39 is 11.5 Å². The van der Waals surface area contributed by atoms with Gasteiger partial charge in [0, 0.05) is 10.8 Å². The molecule has 0 spiro atoms. The largest absolute Gasteiger partial charge is 0.493 e. The summed E-state index contributed by atoms with van der Waals surface area (Å²) < 4.78 is 16.1. The Bertz CT molecular complexity index is 1590. The molecule has 0 atom stereocenters. The van der Waals surface area contributed by atoms with Gasteiger partial charge in [0.15, 0.2) is 11.1 Å². The van der Waals surface area contributed by atoms with Crippen LogP contribution < -0.4 is 21.7 Å². The van der Waals surface area contributed by atoms with Crippen LogP contribution in [-0.2, 0) is 0 Å². The van der Waals surface area contributed by atoms with Gasteiger partial charge in [-0.25, -0.2) is 14.2 Å². The second-order valence-corrected chi connectivity index (χ2v) is 7.52. The lowest BCUT2D eigenvalue weighted by atomic mass is 10.2. The summed E-state index contributed by atoms with van der Waals surface area (Å²) in [6.45, 7) is 1.82. The molecule has 32 heavy (non-hydrogen) atoms. The number of fused-ring (bicyclic) bond motifs is 1. The van der Waals surface area contributed by atoms with Crippen molar-refractivity contribution in [2.24, 2.45) is 4.99 Å². The SMILES string of the molecule is Cc1c(Nc2ccc(C#N)cc2F)nc2/c(=C\c3[nH]c(=O)[nH]c3O)cnn2c1=NC1CC1. The number of H-pyrrole nitrogens is 2. The quantitative estimate of drug-likeness (QED) is 0.380. The van der Waals surface area contributed by atoms with Crippen molar-refractivity contribution >= 4 is 23.2 Å². The highest BCUT2D eigenvalue weighted by Gasteiger charge is 2.21. The van der Waals surface area contributed by atoms with Crippen molar-refractivity contribution in [3.05, 3.63) is 68.2 Å². The van der Waals surface area contributed by atoms with E-state index in [1.807, 2.05) is 13.0 Å². The molecule has 0 unspecified atom stereocenters. The van der Waals surface area contributed by atoms with Gasteiger partial charge in [0.05, 0.1) is 29.6 Å². The van der Waals surface area contributed by atoms with E-state index in [1.54, 1.807) is 10.7 Å². The highest BCUT2D eigenvalue weighted by Crippen LogP contribution is 2.24. The van der Waals surface area contributed by atoms with E-state index in [2.05, 4.69) is 25.4 Å². The molecule has 3 heterocycles. The van der Waals surface area contributed by atoms with Crippen LogP contribution in [-0.4, -0.2) is 35.7 Å². The Labute approximate surface area is 179 Å². The second kappa shape index (κ2) is 7.35. The number of imidazole rings is 1. The maximum atomic E-state index is 14.5. The summed E-state index contributed by atoms with van der Waals surface area (Å²) in [5.41, 5.74) is 1.69. The van der Waals surface area contributed by atoms with E-state index >= 15 is 0 Å². The van der Waals surface area contributed by atoms with E-state index in [0.717, 1.165) is 18.9 Å². The number of anilines is 2. The van der Waals surface area contributed by atoms with E-state index in [0.29, 0.717) is 27.7 Å². The predicted octanol–water partition coefficient (Wildman–Crippen LogP) is 1.12. The molecule has 10 nitrogen and oxygen atoms in total. The van der Waals surface area contributed by atoms with Crippen molar-refractivity contribution < 1.29 is 9.50 Å².